The van der Waals surface area contributed by atoms with E-state index in [1.165, 1.54) is 12.1 Å². The van der Waals surface area contributed by atoms with Gasteiger partial charge in [-0.3, -0.25) is 0 Å². The number of nitrogens with one attached hydrogen (secondary N) is 2. The molecule has 1 aliphatic rings. The molecule has 3 heteroatoms. The second-order valence-electron chi connectivity index (χ2n) is 5.51. The molecular weight excluding hydrogens is 215 g/mol. The summed E-state index contributed by atoms with van der Waals surface area (Å²) in [6.45, 7) is 6.35. The van der Waals surface area contributed by atoms with E-state index in [-0.39, 0.29) is 11.4 Å². The van der Waals surface area contributed by atoms with Crippen LogP contribution >= 0.6 is 0 Å². The average Bonchev–Trinajstić information content (AvgIpc) is 2.27. The molecule has 1 heterocycles. The molecule has 17 heavy (non-hydrogen) atoms. The van der Waals surface area contributed by atoms with Crippen LogP contribution in [0.15, 0.2) is 24.3 Å². The van der Waals surface area contributed by atoms with Gasteiger partial charge < -0.3 is 10.6 Å². The summed E-state index contributed by atoms with van der Waals surface area (Å²) in [6, 6.07) is 7.27. The maximum Gasteiger partial charge on any atom is 0.123 e. The Balaban J connectivity index is 1.84. The molecule has 2 nitrogen and oxygen atoms in total. The van der Waals surface area contributed by atoms with Crippen molar-refractivity contribution in [2.75, 3.05) is 6.54 Å². The van der Waals surface area contributed by atoms with Crippen LogP contribution in [0.2, 0.25) is 0 Å². The Labute approximate surface area is 103 Å². The standard InChI is InChI=1S/C14H21FN2/c1-14(2)9-13(7-8-17-14)16-10-11-3-5-12(15)6-4-11/h3-6,13,16-17H,7-10H2,1-2H3. The van der Waals surface area contributed by atoms with E-state index < -0.39 is 0 Å². The first-order valence-electron chi connectivity index (χ1n) is 6.28. The van der Waals surface area contributed by atoms with Crippen molar-refractivity contribution in [3.8, 4) is 0 Å². The van der Waals surface area contributed by atoms with Gasteiger partial charge in [0, 0.05) is 18.1 Å². The number of hydrogen-bond donors (Lipinski definition) is 2. The number of hydrogen-bond acceptors (Lipinski definition) is 2. The van der Waals surface area contributed by atoms with Crippen molar-refractivity contribution < 1.29 is 4.39 Å². The number of rotatable bonds is 3. The summed E-state index contributed by atoms with van der Waals surface area (Å²) in [4.78, 5) is 0. The van der Waals surface area contributed by atoms with Crippen LogP contribution in [0, 0.1) is 5.82 Å². The van der Waals surface area contributed by atoms with Gasteiger partial charge >= 0.3 is 0 Å². The molecule has 1 unspecified atom stereocenters. The molecule has 0 bridgehead atoms. The molecule has 94 valence electrons. The summed E-state index contributed by atoms with van der Waals surface area (Å²) >= 11 is 0. The first-order chi connectivity index (χ1) is 8.05. The molecule has 0 aliphatic carbocycles. The molecule has 1 aliphatic heterocycles. The zero-order valence-electron chi connectivity index (χ0n) is 10.6. The minimum absolute atomic E-state index is 0.170. The van der Waals surface area contributed by atoms with Crippen molar-refractivity contribution in [3.63, 3.8) is 0 Å². The van der Waals surface area contributed by atoms with Gasteiger partial charge in [-0.05, 0) is 50.9 Å². The maximum atomic E-state index is 12.8. The van der Waals surface area contributed by atoms with E-state index in [0.717, 1.165) is 31.5 Å². The van der Waals surface area contributed by atoms with Gasteiger partial charge in [0.05, 0.1) is 0 Å². The smallest absolute Gasteiger partial charge is 0.123 e. The van der Waals surface area contributed by atoms with Crippen LogP contribution in [-0.2, 0) is 6.54 Å². The van der Waals surface area contributed by atoms with Crippen LogP contribution in [0.1, 0.15) is 32.3 Å². The van der Waals surface area contributed by atoms with Crippen molar-refractivity contribution in [2.24, 2.45) is 0 Å². The van der Waals surface area contributed by atoms with E-state index in [1.54, 1.807) is 0 Å². The van der Waals surface area contributed by atoms with Crippen molar-refractivity contribution in [2.45, 2.75) is 44.8 Å². The highest BCUT2D eigenvalue weighted by atomic mass is 19.1. The molecule has 0 amide bonds. The van der Waals surface area contributed by atoms with Crippen LogP contribution in [0.25, 0.3) is 0 Å². The normalized spacial score (nSPS) is 23.6. The Morgan fingerprint density at radius 2 is 2.06 bits per heavy atom. The molecule has 0 saturated carbocycles. The zero-order chi connectivity index (χ0) is 12.3. The quantitative estimate of drug-likeness (QED) is 0.842. The Hall–Kier alpha value is -0.930. The van der Waals surface area contributed by atoms with E-state index in [0.29, 0.717) is 6.04 Å². The van der Waals surface area contributed by atoms with Crippen LogP contribution in [0.3, 0.4) is 0 Å². The monoisotopic (exact) mass is 236 g/mol. The molecule has 1 saturated heterocycles. The lowest BCUT2D eigenvalue weighted by Gasteiger charge is -2.37. The van der Waals surface area contributed by atoms with Gasteiger partial charge in [0.25, 0.3) is 0 Å². The molecular formula is C14H21FN2. The molecule has 0 spiro atoms. The first kappa shape index (κ1) is 12.5. The van der Waals surface area contributed by atoms with E-state index in [1.807, 2.05) is 12.1 Å². The Bertz CT molecular complexity index is 359. The molecule has 1 aromatic carbocycles. The largest absolute Gasteiger partial charge is 0.312 e. The third-order valence-corrected chi connectivity index (χ3v) is 3.36. The van der Waals surface area contributed by atoms with Crippen LogP contribution < -0.4 is 10.6 Å². The van der Waals surface area contributed by atoms with Crippen molar-refractivity contribution >= 4 is 0 Å². The van der Waals surface area contributed by atoms with E-state index in [4.69, 9.17) is 0 Å². The predicted octanol–water partition coefficient (Wildman–Crippen LogP) is 2.45. The second-order valence-corrected chi connectivity index (χ2v) is 5.51. The molecule has 1 aromatic rings. The van der Waals surface area contributed by atoms with Crippen molar-refractivity contribution in [1.29, 1.82) is 0 Å². The van der Waals surface area contributed by atoms with Gasteiger partial charge in [-0.2, -0.15) is 0 Å². The summed E-state index contributed by atoms with van der Waals surface area (Å²) in [5.74, 6) is -0.170. The van der Waals surface area contributed by atoms with Gasteiger partial charge in [0.2, 0.25) is 0 Å². The maximum absolute atomic E-state index is 12.8. The Kier molecular flexibility index (Phi) is 3.79. The Morgan fingerprint density at radius 1 is 1.35 bits per heavy atom. The minimum Gasteiger partial charge on any atom is -0.312 e. The predicted molar refractivity (Wildman–Crippen MR) is 68.3 cm³/mol. The summed E-state index contributed by atoms with van der Waals surface area (Å²) in [7, 11) is 0. The summed E-state index contributed by atoms with van der Waals surface area (Å²) in [5.41, 5.74) is 1.36. The summed E-state index contributed by atoms with van der Waals surface area (Å²) < 4.78 is 12.8. The zero-order valence-corrected chi connectivity index (χ0v) is 10.6. The first-order valence-corrected chi connectivity index (χ1v) is 6.28. The summed E-state index contributed by atoms with van der Waals surface area (Å²) in [5, 5.41) is 7.05. The van der Waals surface area contributed by atoms with Crippen molar-refractivity contribution in [1.82, 2.24) is 10.6 Å². The highest BCUT2D eigenvalue weighted by molar-refractivity contribution is 5.15. The summed E-state index contributed by atoms with van der Waals surface area (Å²) in [6.07, 6.45) is 2.29. The average molecular weight is 236 g/mol. The van der Waals surface area contributed by atoms with Crippen LogP contribution in [0.5, 0.6) is 0 Å². The van der Waals surface area contributed by atoms with Gasteiger partial charge in [0.1, 0.15) is 5.82 Å². The molecule has 1 atom stereocenters. The second kappa shape index (κ2) is 5.15. The fourth-order valence-electron chi connectivity index (χ4n) is 2.41. The van der Waals surface area contributed by atoms with E-state index in [9.17, 15) is 4.39 Å². The van der Waals surface area contributed by atoms with Gasteiger partial charge in [-0.15, -0.1) is 0 Å². The fourth-order valence-corrected chi connectivity index (χ4v) is 2.41. The molecule has 2 N–H and O–H groups in total. The molecule has 1 fully saturated rings. The third kappa shape index (κ3) is 3.79. The lowest BCUT2D eigenvalue weighted by atomic mass is 9.89. The van der Waals surface area contributed by atoms with Gasteiger partial charge in [-0.1, -0.05) is 12.1 Å². The van der Waals surface area contributed by atoms with Gasteiger partial charge in [-0.25, -0.2) is 4.39 Å². The van der Waals surface area contributed by atoms with E-state index >= 15 is 0 Å². The van der Waals surface area contributed by atoms with Crippen LogP contribution in [0.4, 0.5) is 4.39 Å². The van der Waals surface area contributed by atoms with Crippen molar-refractivity contribution in [3.05, 3.63) is 35.6 Å². The SMILES string of the molecule is CC1(C)CC(NCc2ccc(F)cc2)CCN1. The molecule has 2 rings (SSSR count). The minimum atomic E-state index is -0.170. The number of piperidine rings is 1. The lowest BCUT2D eigenvalue weighted by molar-refractivity contribution is 0.247. The highest BCUT2D eigenvalue weighted by Crippen LogP contribution is 2.18. The third-order valence-electron chi connectivity index (χ3n) is 3.36. The molecule has 0 radical (unpaired) electrons. The lowest BCUT2D eigenvalue weighted by Crippen LogP contribution is -2.51. The topological polar surface area (TPSA) is 24.1 Å². The van der Waals surface area contributed by atoms with Crippen LogP contribution in [-0.4, -0.2) is 18.1 Å². The van der Waals surface area contributed by atoms with E-state index in [2.05, 4.69) is 24.5 Å². The molecule has 0 aromatic heterocycles. The Morgan fingerprint density at radius 3 is 2.71 bits per heavy atom. The fraction of sp³-hybridized carbons (Fsp3) is 0.571. The van der Waals surface area contributed by atoms with Gasteiger partial charge in [0.15, 0.2) is 0 Å². The highest BCUT2D eigenvalue weighted by Gasteiger charge is 2.26. The number of halogens is 1. The number of benzene rings is 1.